The van der Waals surface area contributed by atoms with E-state index < -0.39 is 10.2 Å². The minimum atomic E-state index is -3.45. The molecular weight excluding hydrogens is 252 g/mol. The molecule has 0 spiro atoms. The van der Waals surface area contributed by atoms with Crippen LogP contribution >= 0.6 is 0 Å². The van der Waals surface area contributed by atoms with Crippen molar-refractivity contribution in [3.05, 3.63) is 36.9 Å². The van der Waals surface area contributed by atoms with Crippen molar-refractivity contribution < 1.29 is 13.2 Å². The van der Waals surface area contributed by atoms with Gasteiger partial charge in [0.05, 0.1) is 31.1 Å². The Hall–Kier alpha value is -1.53. The Kier molecular flexibility index (Phi) is 3.58. The predicted molar refractivity (Wildman–Crippen MR) is 72.1 cm³/mol. The van der Waals surface area contributed by atoms with Gasteiger partial charge < -0.3 is 4.74 Å². The fourth-order valence-corrected chi connectivity index (χ4v) is 3.29. The molecule has 6 heteroatoms. The molecule has 0 aliphatic carbocycles. The maximum Gasteiger partial charge on any atom is 0.326 e. The number of anilines is 2. The van der Waals surface area contributed by atoms with Crippen molar-refractivity contribution in [3.63, 3.8) is 0 Å². The van der Waals surface area contributed by atoms with Crippen molar-refractivity contribution in [3.8, 4) is 0 Å². The molecule has 98 valence electrons. The van der Waals surface area contributed by atoms with Crippen molar-refractivity contribution in [1.82, 2.24) is 0 Å². The summed E-state index contributed by atoms with van der Waals surface area (Å²) in [7, 11) is -1.90. The van der Waals surface area contributed by atoms with Crippen molar-refractivity contribution in [2.24, 2.45) is 0 Å². The van der Waals surface area contributed by atoms with Crippen LogP contribution in [0.5, 0.6) is 0 Å². The number of ether oxygens (including phenoxy) is 1. The quantitative estimate of drug-likeness (QED) is 0.599. The SMILES string of the molecule is C=CCOCCN1c2ccccc2N(C)S1(=O)=O. The summed E-state index contributed by atoms with van der Waals surface area (Å²) in [5.41, 5.74) is 1.39. The molecular formula is C12H16N2O3S. The Balaban J connectivity index is 2.21. The molecule has 0 bridgehead atoms. The zero-order valence-corrected chi connectivity index (χ0v) is 11.1. The molecule has 1 aliphatic rings. The molecule has 1 aliphatic heterocycles. The summed E-state index contributed by atoms with van der Waals surface area (Å²) in [5, 5.41) is 0. The Morgan fingerprint density at radius 1 is 1.33 bits per heavy atom. The van der Waals surface area contributed by atoms with Crippen LogP contribution in [0.1, 0.15) is 0 Å². The molecule has 2 rings (SSSR count). The highest BCUT2D eigenvalue weighted by molar-refractivity contribution is 7.94. The summed E-state index contributed by atoms with van der Waals surface area (Å²) in [6, 6.07) is 7.23. The largest absolute Gasteiger partial charge is 0.376 e. The van der Waals surface area contributed by atoms with Gasteiger partial charge >= 0.3 is 10.2 Å². The zero-order chi connectivity index (χ0) is 13.2. The van der Waals surface area contributed by atoms with Gasteiger partial charge in [0.15, 0.2) is 0 Å². The van der Waals surface area contributed by atoms with Gasteiger partial charge in [-0.1, -0.05) is 18.2 Å². The third kappa shape index (κ3) is 2.09. The zero-order valence-electron chi connectivity index (χ0n) is 10.2. The van der Waals surface area contributed by atoms with Crippen LogP contribution in [0.25, 0.3) is 0 Å². The predicted octanol–water partition coefficient (Wildman–Crippen LogP) is 1.39. The molecule has 0 amide bonds. The van der Waals surface area contributed by atoms with Gasteiger partial charge in [-0.3, -0.25) is 4.31 Å². The standard InChI is InChI=1S/C12H16N2O3S/c1-3-9-17-10-8-14-12-7-5-4-6-11(12)13(2)18(14,15)16/h3-7H,1,8-10H2,2H3. The van der Waals surface area contributed by atoms with Crippen LogP contribution in [0, 0.1) is 0 Å². The Morgan fingerprint density at radius 2 is 2.00 bits per heavy atom. The van der Waals surface area contributed by atoms with Crippen LogP contribution in [0.3, 0.4) is 0 Å². The highest BCUT2D eigenvalue weighted by Crippen LogP contribution is 2.38. The molecule has 0 radical (unpaired) electrons. The van der Waals surface area contributed by atoms with Gasteiger partial charge in [-0.05, 0) is 12.1 Å². The Labute approximate surface area is 107 Å². The first-order valence-electron chi connectivity index (χ1n) is 5.63. The topological polar surface area (TPSA) is 49.9 Å². The minimum absolute atomic E-state index is 0.303. The third-order valence-electron chi connectivity index (χ3n) is 2.79. The molecule has 1 heterocycles. The van der Waals surface area contributed by atoms with Gasteiger partial charge in [0.2, 0.25) is 0 Å². The molecule has 0 fully saturated rings. The Bertz CT molecular complexity index is 542. The third-order valence-corrected chi connectivity index (χ3v) is 4.61. The van der Waals surface area contributed by atoms with Gasteiger partial charge in [-0.15, -0.1) is 6.58 Å². The van der Waals surface area contributed by atoms with Gasteiger partial charge in [0, 0.05) is 7.05 Å². The first-order chi connectivity index (χ1) is 8.59. The average molecular weight is 268 g/mol. The number of benzene rings is 1. The van der Waals surface area contributed by atoms with Crippen LogP contribution in [-0.4, -0.2) is 35.2 Å². The van der Waals surface area contributed by atoms with E-state index in [2.05, 4.69) is 6.58 Å². The fourth-order valence-electron chi connectivity index (χ4n) is 1.89. The highest BCUT2D eigenvalue weighted by Gasteiger charge is 2.37. The molecule has 0 saturated heterocycles. The van der Waals surface area contributed by atoms with E-state index in [1.54, 1.807) is 25.3 Å². The molecule has 0 unspecified atom stereocenters. The first-order valence-corrected chi connectivity index (χ1v) is 7.03. The summed E-state index contributed by atoms with van der Waals surface area (Å²) in [6.07, 6.45) is 1.64. The summed E-state index contributed by atoms with van der Waals surface area (Å²) in [6.45, 7) is 4.61. The van der Waals surface area contributed by atoms with Crippen molar-refractivity contribution in [2.45, 2.75) is 0 Å². The number of fused-ring (bicyclic) bond motifs is 1. The summed E-state index contributed by atoms with van der Waals surface area (Å²) < 4.78 is 32.3. The van der Waals surface area contributed by atoms with E-state index in [0.717, 1.165) is 0 Å². The summed E-state index contributed by atoms with van der Waals surface area (Å²) in [5.74, 6) is 0. The van der Waals surface area contributed by atoms with Gasteiger partial charge in [0.25, 0.3) is 0 Å². The molecule has 18 heavy (non-hydrogen) atoms. The van der Waals surface area contributed by atoms with E-state index in [1.807, 2.05) is 12.1 Å². The molecule has 5 nitrogen and oxygen atoms in total. The maximum absolute atomic E-state index is 12.2. The molecule has 0 saturated carbocycles. The molecule has 1 aromatic carbocycles. The van der Waals surface area contributed by atoms with Crippen LogP contribution in [0.2, 0.25) is 0 Å². The van der Waals surface area contributed by atoms with E-state index >= 15 is 0 Å². The van der Waals surface area contributed by atoms with E-state index in [9.17, 15) is 8.42 Å². The van der Waals surface area contributed by atoms with E-state index in [-0.39, 0.29) is 0 Å². The lowest BCUT2D eigenvalue weighted by Gasteiger charge is -2.18. The van der Waals surface area contributed by atoms with Crippen molar-refractivity contribution in [1.29, 1.82) is 0 Å². The van der Waals surface area contributed by atoms with E-state index in [0.29, 0.717) is 31.1 Å². The number of rotatable bonds is 5. The number of hydrogen-bond donors (Lipinski definition) is 0. The van der Waals surface area contributed by atoms with Crippen molar-refractivity contribution >= 4 is 21.6 Å². The fraction of sp³-hybridized carbons (Fsp3) is 0.333. The highest BCUT2D eigenvalue weighted by atomic mass is 32.2. The molecule has 0 aromatic heterocycles. The smallest absolute Gasteiger partial charge is 0.326 e. The monoisotopic (exact) mass is 268 g/mol. The van der Waals surface area contributed by atoms with Gasteiger partial charge in [-0.25, -0.2) is 4.31 Å². The molecule has 0 atom stereocenters. The van der Waals surface area contributed by atoms with Crippen LogP contribution < -0.4 is 8.61 Å². The van der Waals surface area contributed by atoms with Crippen LogP contribution in [0.15, 0.2) is 36.9 Å². The average Bonchev–Trinajstić information content (AvgIpc) is 2.55. The lowest BCUT2D eigenvalue weighted by molar-refractivity contribution is 0.171. The number of hydrogen-bond acceptors (Lipinski definition) is 3. The second-order valence-electron chi connectivity index (χ2n) is 3.90. The number of para-hydroxylation sites is 2. The van der Waals surface area contributed by atoms with E-state index in [4.69, 9.17) is 4.74 Å². The molecule has 0 N–H and O–H groups in total. The van der Waals surface area contributed by atoms with Crippen LogP contribution in [-0.2, 0) is 14.9 Å². The first kappa shape index (κ1) is 12.9. The lowest BCUT2D eigenvalue weighted by atomic mass is 10.2. The van der Waals surface area contributed by atoms with Crippen molar-refractivity contribution in [2.75, 3.05) is 35.4 Å². The Morgan fingerprint density at radius 3 is 2.67 bits per heavy atom. The summed E-state index contributed by atoms with van der Waals surface area (Å²) >= 11 is 0. The van der Waals surface area contributed by atoms with Crippen LogP contribution in [0.4, 0.5) is 11.4 Å². The summed E-state index contributed by atoms with van der Waals surface area (Å²) in [4.78, 5) is 0. The lowest BCUT2D eigenvalue weighted by Crippen LogP contribution is -2.37. The maximum atomic E-state index is 12.2. The second-order valence-corrected chi connectivity index (χ2v) is 5.78. The minimum Gasteiger partial charge on any atom is -0.376 e. The van der Waals surface area contributed by atoms with E-state index in [1.165, 1.54) is 8.61 Å². The number of nitrogens with zero attached hydrogens (tertiary/aromatic N) is 2. The van der Waals surface area contributed by atoms with Gasteiger partial charge in [-0.2, -0.15) is 8.42 Å². The molecule has 1 aromatic rings. The second kappa shape index (κ2) is 4.99. The van der Waals surface area contributed by atoms with Gasteiger partial charge in [0.1, 0.15) is 0 Å². The normalized spacial score (nSPS) is 16.7.